The van der Waals surface area contributed by atoms with Gasteiger partial charge in [-0.05, 0) is 12.8 Å². The van der Waals surface area contributed by atoms with Crippen LogP contribution in [0.1, 0.15) is 32.1 Å². The van der Waals surface area contributed by atoms with E-state index in [0.29, 0.717) is 0 Å². The van der Waals surface area contributed by atoms with Crippen LogP contribution in [0.5, 0.6) is 0 Å². The summed E-state index contributed by atoms with van der Waals surface area (Å²) in [6, 6.07) is 0. The van der Waals surface area contributed by atoms with Crippen molar-refractivity contribution in [2.75, 3.05) is 32.8 Å². The van der Waals surface area contributed by atoms with E-state index in [1.54, 1.807) is 0 Å². The van der Waals surface area contributed by atoms with E-state index < -0.39 is 0 Å². The second-order valence-electron chi connectivity index (χ2n) is 5.13. The molecule has 18 heavy (non-hydrogen) atoms. The van der Waals surface area contributed by atoms with E-state index in [-0.39, 0.29) is 28.5 Å². The largest absolute Gasteiger partial charge is 0.379 e. The van der Waals surface area contributed by atoms with E-state index in [1.165, 1.54) is 32.1 Å². The molecule has 1 heterocycles. The first-order valence-electron chi connectivity index (χ1n) is 6.61. The molecule has 6 heteroatoms. The van der Waals surface area contributed by atoms with Crippen molar-refractivity contribution >= 4 is 22.9 Å². The SMILES string of the molecule is Br.NC(N)=NCC1(N2CCOCC2)CCCCC1. The molecule has 2 fully saturated rings. The number of nitrogens with two attached hydrogens (primary N) is 2. The summed E-state index contributed by atoms with van der Waals surface area (Å²) in [5.41, 5.74) is 11.2. The lowest BCUT2D eigenvalue weighted by molar-refractivity contribution is -0.0333. The van der Waals surface area contributed by atoms with Gasteiger partial charge in [-0.15, -0.1) is 17.0 Å². The highest BCUT2D eigenvalue weighted by Crippen LogP contribution is 2.34. The fraction of sp³-hybridized carbons (Fsp3) is 0.917. The van der Waals surface area contributed by atoms with Crippen LogP contribution >= 0.6 is 17.0 Å². The minimum atomic E-state index is 0. The first kappa shape index (κ1) is 15.7. The van der Waals surface area contributed by atoms with Crippen LogP contribution in [-0.2, 0) is 4.74 Å². The molecule has 0 aromatic heterocycles. The molecule has 0 aromatic carbocycles. The third kappa shape index (κ3) is 3.83. The number of rotatable bonds is 3. The second-order valence-corrected chi connectivity index (χ2v) is 5.13. The molecule has 0 bridgehead atoms. The summed E-state index contributed by atoms with van der Waals surface area (Å²) in [6.45, 7) is 4.45. The summed E-state index contributed by atoms with van der Waals surface area (Å²) in [5.74, 6) is 0.211. The maximum absolute atomic E-state index is 5.48. The predicted molar refractivity (Wildman–Crippen MR) is 79.2 cm³/mol. The monoisotopic (exact) mass is 320 g/mol. The Morgan fingerprint density at radius 3 is 2.28 bits per heavy atom. The molecule has 106 valence electrons. The quantitative estimate of drug-likeness (QED) is 0.597. The van der Waals surface area contributed by atoms with Gasteiger partial charge in [-0.1, -0.05) is 19.3 Å². The Bertz CT molecular complexity index is 269. The lowest BCUT2D eigenvalue weighted by atomic mass is 9.80. The van der Waals surface area contributed by atoms with E-state index >= 15 is 0 Å². The first-order valence-corrected chi connectivity index (χ1v) is 6.61. The van der Waals surface area contributed by atoms with Gasteiger partial charge in [0.25, 0.3) is 0 Å². The zero-order valence-electron chi connectivity index (χ0n) is 10.9. The molecule has 0 radical (unpaired) electrons. The zero-order chi connectivity index (χ0) is 12.1. The summed E-state index contributed by atoms with van der Waals surface area (Å²) in [4.78, 5) is 6.83. The highest BCUT2D eigenvalue weighted by atomic mass is 79.9. The Balaban J connectivity index is 0.00000162. The van der Waals surface area contributed by atoms with E-state index in [0.717, 1.165) is 32.8 Å². The Morgan fingerprint density at radius 2 is 1.72 bits per heavy atom. The van der Waals surface area contributed by atoms with Crippen LogP contribution in [0.25, 0.3) is 0 Å². The third-order valence-corrected chi connectivity index (χ3v) is 4.02. The van der Waals surface area contributed by atoms with E-state index in [2.05, 4.69) is 9.89 Å². The standard InChI is InChI=1S/C12H24N4O.BrH/c13-11(14)15-10-12(4-2-1-3-5-12)16-6-8-17-9-7-16;/h1-10H2,(H4,13,14,15);1H. The van der Waals surface area contributed by atoms with Crippen LogP contribution in [-0.4, -0.2) is 49.2 Å². The van der Waals surface area contributed by atoms with Gasteiger partial charge in [0.2, 0.25) is 0 Å². The van der Waals surface area contributed by atoms with Gasteiger partial charge < -0.3 is 16.2 Å². The topological polar surface area (TPSA) is 76.9 Å². The molecular weight excluding hydrogens is 296 g/mol. The summed E-state index contributed by atoms with van der Waals surface area (Å²) in [7, 11) is 0. The lowest BCUT2D eigenvalue weighted by Gasteiger charge is -2.47. The summed E-state index contributed by atoms with van der Waals surface area (Å²) in [5, 5.41) is 0. The van der Waals surface area contributed by atoms with E-state index in [1.807, 2.05) is 0 Å². The average Bonchev–Trinajstić information content (AvgIpc) is 2.39. The molecule has 0 amide bonds. The van der Waals surface area contributed by atoms with Crippen molar-refractivity contribution in [3.8, 4) is 0 Å². The van der Waals surface area contributed by atoms with Crippen LogP contribution in [0, 0.1) is 0 Å². The molecule has 0 spiro atoms. The number of nitrogens with zero attached hydrogens (tertiary/aromatic N) is 2. The predicted octanol–water partition coefficient (Wildman–Crippen LogP) is 0.873. The fourth-order valence-electron chi connectivity index (χ4n) is 3.06. The first-order chi connectivity index (χ1) is 8.23. The molecule has 2 aliphatic rings. The maximum Gasteiger partial charge on any atom is 0.185 e. The number of morpholine rings is 1. The number of hydrogen-bond donors (Lipinski definition) is 2. The van der Waals surface area contributed by atoms with Crippen molar-refractivity contribution in [2.24, 2.45) is 16.5 Å². The van der Waals surface area contributed by atoms with Gasteiger partial charge in [0, 0.05) is 18.6 Å². The number of guanidine groups is 1. The van der Waals surface area contributed by atoms with Crippen molar-refractivity contribution < 1.29 is 4.74 Å². The van der Waals surface area contributed by atoms with Crippen molar-refractivity contribution in [1.82, 2.24) is 4.90 Å². The van der Waals surface area contributed by atoms with Gasteiger partial charge in [0.05, 0.1) is 19.8 Å². The number of ether oxygens (including phenoxy) is 1. The van der Waals surface area contributed by atoms with Crippen molar-refractivity contribution in [3.05, 3.63) is 0 Å². The third-order valence-electron chi connectivity index (χ3n) is 4.02. The summed E-state index contributed by atoms with van der Waals surface area (Å²) >= 11 is 0. The normalized spacial score (nSPS) is 24.0. The number of aliphatic imine (C=N–C) groups is 1. The van der Waals surface area contributed by atoms with Crippen molar-refractivity contribution in [3.63, 3.8) is 0 Å². The molecular formula is C12H25BrN4O. The van der Waals surface area contributed by atoms with Crippen LogP contribution < -0.4 is 11.5 Å². The molecule has 1 aliphatic heterocycles. The second kappa shape index (κ2) is 7.31. The molecule has 0 aromatic rings. The number of halogens is 1. The zero-order valence-corrected chi connectivity index (χ0v) is 12.6. The van der Waals surface area contributed by atoms with Gasteiger partial charge in [0.15, 0.2) is 5.96 Å². The summed E-state index contributed by atoms with van der Waals surface area (Å²) < 4.78 is 5.43. The Kier molecular flexibility index (Phi) is 6.38. The van der Waals surface area contributed by atoms with Crippen molar-refractivity contribution in [2.45, 2.75) is 37.6 Å². The molecule has 4 N–H and O–H groups in total. The minimum Gasteiger partial charge on any atom is -0.379 e. The Morgan fingerprint density at radius 1 is 1.11 bits per heavy atom. The van der Waals surface area contributed by atoms with Gasteiger partial charge in [-0.25, -0.2) is 0 Å². The van der Waals surface area contributed by atoms with Crippen molar-refractivity contribution in [1.29, 1.82) is 0 Å². The fourth-order valence-corrected chi connectivity index (χ4v) is 3.06. The number of hydrogen-bond acceptors (Lipinski definition) is 3. The van der Waals surface area contributed by atoms with Gasteiger partial charge in [-0.3, -0.25) is 9.89 Å². The van der Waals surface area contributed by atoms with Gasteiger partial charge in [0.1, 0.15) is 0 Å². The lowest BCUT2D eigenvalue weighted by Crippen LogP contribution is -2.56. The van der Waals surface area contributed by atoms with Gasteiger partial charge in [-0.2, -0.15) is 0 Å². The molecule has 1 aliphatic carbocycles. The van der Waals surface area contributed by atoms with E-state index in [9.17, 15) is 0 Å². The Labute approximate surface area is 120 Å². The van der Waals surface area contributed by atoms with Crippen LogP contribution in [0.15, 0.2) is 4.99 Å². The van der Waals surface area contributed by atoms with Crippen LogP contribution in [0.4, 0.5) is 0 Å². The molecule has 0 unspecified atom stereocenters. The Hall–Kier alpha value is -0.330. The van der Waals surface area contributed by atoms with Gasteiger partial charge >= 0.3 is 0 Å². The van der Waals surface area contributed by atoms with E-state index in [4.69, 9.17) is 16.2 Å². The van der Waals surface area contributed by atoms with Crippen LogP contribution in [0.2, 0.25) is 0 Å². The molecule has 0 atom stereocenters. The highest BCUT2D eigenvalue weighted by Gasteiger charge is 2.38. The molecule has 2 rings (SSSR count). The summed E-state index contributed by atoms with van der Waals surface area (Å²) in [6.07, 6.45) is 6.34. The highest BCUT2D eigenvalue weighted by molar-refractivity contribution is 8.93. The molecule has 1 saturated heterocycles. The average molecular weight is 321 g/mol. The minimum absolute atomic E-state index is 0. The molecule has 1 saturated carbocycles. The smallest absolute Gasteiger partial charge is 0.185 e. The molecule has 5 nitrogen and oxygen atoms in total. The maximum atomic E-state index is 5.48. The van der Waals surface area contributed by atoms with Crippen LogP contribution in [0.3, 0.4) is 0 Å².